The Morgan fingerprint density at radius 3 is 2.27 bits per heavy atom. The van der Waals surface area contributed by atoms with Gasteiger partial charge in [0, 0.05) is 30.7 Å². The molecule has 37 heavy (non-hydrogen) atoms. The first kappa shape index (κ1) is 26.9. The van der Waals surface area contributed by atoms with Crippen LogP contribution in [0.15, 0.2) is 54.6 Å². The maximum Gasteiger partial charge on any atom is 0.256 e. The van der Waals surface area contributed by atoms with E-state index in [1.807, 2.05) is 29.2 Å². The van der Waals surface area contributed by atoms with Crippen molar-refractivity contribution in [2.45, 2.75) is 52.0 Å². The second-order valence-electron chi connectivity index (χ2n) is 10.7. The average molecular weight is 521 g/mol. The van der Waals surface area contributed by atoms with Gasteiger partial charge in [-0.3, -0.25) is 4.79 Å². The number of carbonyl (C=O) groups excluding carboxylic acids is 1. The van der Waals surface area contributed by atoms with Crippen LogP contribution < -0.4 is 14.8 Å². The molecule has 6 heteroatoms. The van der Waals surface area contributed by atoms with Crippen molar-refractivity contribution < 1.29 is 14.3 Å². The van der Waals surface area contributed by atoms with Gasteiger partial charge in [0.25, 0.3) is 5.91 Å². The number of rotatable bonds is 8. The third kappa shape index (κ3) is 6.58. The lowest BCUT2D eigenvalue weighted by Gasteiger charge is -2.27. The van der Waals surface area contributed by atoms with Gasteiger partial charge in [-0.2, -0.15) is 0 Å². The Balaban J connectivity index is 1.65. The van der Waals surface area contributed by atoms with Crippen molar-refractivity contribution in [3.05, 3.63) is 87.4 Å². The van der Waals surface area contributed by atoms with Gasteiger partial charge >= 0.3 is 0 Å². The van der Waals surface area contributed by atoms with E-state index in [-0.39, 0.29) is 11.3 Å². The fourth-order valence-electron chi connectivity index (χ4n) is 4.76. The maximum absolute atomic E-state index is 14.0. The smallest absolute Gasteiger partial charge is 0.256 e. The Hall–Kier alpha value is -3.18. The highest BCUT2D eigenvalue weighted by Crippen LogP contribution is 2.32. The minimum absolute atomic E-state index is 0.0251. The van der Waals surface area contributed by atoms with Crippen LogP contribution in [0.5, 0.6) is 11.5 Å². The zero-order chi connectivity index (χ0) is 26.6. The van der Waals surface area contributed by atoms with Crippen LogP contribution in [0.4, 0.5) is 5.69 Å². The second kappa shape index (κ2) is 11.5. The van der Waals surface area contributed by atoms with E-state index in [9.17, 15) is 4.79 Å². The topological polar surface area (TPSA) is 50.8 Å². The molecule has 0 radical (unpaired) electrons. The van der Waals surface area contributed by atoms with Gasteiger partial charge < -0.3 is 19.7 Å². The largest absolute Gasteiger partial charge is 0.497 e. The van der Waals surface area contributed by atoms with Crippen LogP contribution in [0.3, 0.4) is 0 Å². The summed E-state index contributed by atoms with van der Waals surface area (Å²) in [6.45, 7) is 8.51. The number of nitrogens with one attached hydrogen (secondary N) is 1. The summed E-state index contributed by atoms with van der Waals surface area (Å²) in [7, 11) is 3.29. The third-order valence-electron chi connectivity index (χ3n) is 6.90. The number of methoxy groups -OCH3 is 2. The molecule has 1 N–H and O–H groups in total. The summed E-state index contributed by atoms with van der Waals surface area (Å²) in [5.74, 6) is 1.44. The third-order valence-corrected chi connectivity index (χ3v) is 7.12. The van der Waals surface area contributed by atoms with Crippen molar-refractivity contribution in [1.29, 1.82) is 0 Å². The summed E-state index contributed by atoms with van der Waals surface area (Å²) >= 11 is 6.46. The Morgan fingerprint density at radius 1 is 0.973 bits per heavy atom. The number of carbonyl (C=O) groups is 1. The minimum Gasteiger partial charge on any atom is -0.497 e. The van der Waals surface area contributed by atoms with E-state index >= 15 is 0 Å². The lowest BCUT2D eigenvalue weighted by atomic mass is 9.87. The van der Waals surface area contributed by atoms with E-state index in [0.29, 0.717) is 30.1 Å². The quantitative estimate of drug-likeness (QED) is 0.351. The molecule has 196 valence electrons. The fraction of sp³-hybridized carbons (Fsp3) is 0.387. The molecule has 0 aromatic heterocycles. The molecule has 1 aliphatic heterocycles. The summed E-state index contributed by atoms with van der Waals surface area (Å²) < 4.78 is 10.9. The first-order valence-electron chi connectivity index (χ1n) is 12.8. The molecule has 0 unspecified atom stereocenters. The average Bonchev–Trinajstić information content (AvgIpc) is 2.89. The van der Waals surface area contributed by atoms with Crippen molar-refractivity contribution >= 4 is 23.2 Å². The van der Waals surface area contributed by atoms with Gasteiger partial charge in [0.05, 0.1) is 25.5 Å². The molecule has 5 nitrogen and oxygen atoms in total. The predicted octanol–water partition coefficient (Wildman–Crippen LogP) is 6.90. The van der Waals surface area contributed by atoms with Crippen LogP contribution in [0.1, 0.15) is 59.8 Å². The zero-order valence-electron chi connectivity index (χ0n) is 22.5. The highest BCUT2D eigenvalue weighted by Gasteiger charge is 2.24. The lowest BCUT2D eigenvalue weighted by molar-refractivity contribution is 0.0746. The van der Waals surface area contributed by atoms with Gasteiger partial charge in [0.15, 0.2) is 0 Å². The molecule has 0 fully saturated rings. The van der Waals surface area contributed by atoms with E-state index < -0.39 is 0 Å². The fourth-order valence-corrected chi connectivity index (χ4v) is 5.00. The van der Waals surface area contributed by atoms with Crippen LogP contribution in [-0.4, -0.2) is 38.1 Å². The summed E-state index contributed by atoms with van der Waals surface area (Å²) in [6, 6.07) is 18.2. The summed E-state index contributed by atoms with van der Waals surface area (Å²) in [4.78, 5) is 16.0. The summed E-state index contributed by atoms with van der Waals surface area (Å²) in [5.41, 5.74) is 6.13. The van der Waals surface area contributed by atoms with Crippen LogP contribution in [0.2, 0.25) is 5.02 Å². The number of anilines is 1. The van der Waals surface area contributed by atoms with Gasteiger partial charge in [-0.25, -0.2) is 0 Å². The number of amides is 1. The number of aryl methyl sites for hydroxylation is 1. The number of benzene rings is 3. The van der Waals surface area contributed by atoms with Crippen LogP contribution in [-0.2, 0) is 24.8 Å². The Labute approximate surface area is 225 Å². The van der Waals surface area contributed by atoms with Gasteiger partial charge in [-0.1, -0.05) is 56.6 Å². The van der Waals surface area contributed by atoms with E-state index in [1.165, 1.54) is 5.56 Å². The number of fused-ring (bicyclic) bond motifs is 1. The normalized spacial score (nSPS) is 12.9. The minimum atomic E-state index is -0.0251. The van der Waals surface area contributed by atoms with E-state index in [0.717, 1.165) is 53.3 Å². The molecular weight excluding hydrogens is 484 g/mol. The van der Waals surface area contributed by atoms with Crippen molar-refractivity contribution in [2.24, 2.45) is 0 Å². The van der Waals surface area contributed by atoms with Gasteiger partial charge in [-0.15, -0.1) is 0 Å². The number of nitrogens with zero attached hydrogens (tertiary/aromatic N) is 1. The first-order chi connectivity index (χ1) is 17.7. The monoisotopic (exact) mass is 520 g/mol. The highest BCUT2D eigenvalue weighted by molar-refractivity contribution is 6.31. The SMILES string of the molecule is COc1cc(CCN(Cc2ccc(C(C)(C)C)cc2)C(=O)c2cc(Cl)cc3c2NCCC3)cc(OC)c1. The molecule has 4 rings (SSSR count). The first-order valence-corrected chi connectivity index (χ1v) is 13.2. The highest BCUT2D eigenvalue weighted by atomic mass is 35.5. The molecule has 0 saturated carbocycles. The van der Waals surface area contributed by atoms with Crippen molar-refractivity contribution in [3.63, 3.8) is 0 Å². The molecule has 1 amide bonds. The Kier molecular flexibility index (Phi) is 8.33. The number of hydrogen-bond donors (Lipinski definition) is 1. The molecule has 0 spiro atoms. The van der Waals surface area contributed by atoms with Crippen molar-refractivity contribution in [1.82, 2.24) is 4.90 Å². The molecule has 3 aromatic rings. The Bertz CT molecular complexity index is 1230. The van der Waals surface area contributed by atoms with Crippen LogP contribution in [0.25, 0.3) is 0 Å². The van der Waals surface area contributed by atoms with Crippen molar-refractivity contribution in [2.75, 3.05) is 32.6 Å². The molecule has 0 saturated heterocycles. The maximum atomic E-state index is 14.0. The summed E-state index contributed by atoms with van der Waals surface area (Å²) in [6.07, 6.45) is 2.61. The van der Waals surface area contributed by atoms with Gasteiger partial charge in [0.1, 0.15) is 11.5 Å². The number of ether oxygens (including phenoxy) is 2. The van der Waals surface area contributed by atoms with Crippen molar-refractivity contribution in [3.8, 4) is 11.5 Å². The molecule has 3 aromatic carbocycles. The van der Waals surface area contributed by atoms with Crippen LogP contribution >= 0.6 is 11.6 Å². The zero-order valence-corrected chi connectivity index (χ0v) is 23.2. The van der Waals surface area contributed by atoms with E-state index in [4.69, 9.17) is 21.1 Å². The molecule has 0 bridgehead atoms. The van der Waals surface area contributed by atoms with Gasteiger partial charge in [0.2, 0.25) is 0 Å². The number of halogens is 1. The van der Waals surface area contributed by atoms with E-state index in [2.05, 4.69) is 50.4 Å². The molecular formula is C31H37ClN2O3. The van der Waals surface area contributed by atoms with Crippen LogP contribution in [0, 0.1) is 0 Å². The Morgan fingerprint density at radius 2 is 1.65 bits per heavy atom. The standard InChI is InChI=1S/C31H37ClN2O3/c1-31(2,3)24-10-8-21(9-11-24)20-34(14-12-22-15-26(36-4)19-27(16-22)37-5)30(35)28-18-25(32)17-23-7-6-13-33-29(23)28/h8-11,15-19,33H,6-7,12-14,20H2,1-5H3. The lowest BCUT2D eigenvalue weighted by Crippen LogP contribution is -2.33. The molecule has 0 aliphatic carbocycles. The number of hydrogen-bond acceptors (Lipinski definition) is 4. The predicted molar refractivity (Wildman–Crippen MR) is 151 cm³/mol. The second-order valence-corrected chi connectivity index (χ2v) is 11.1. The van der Waals surface area contributed by atoms with E-state index in [1.54, 1.807) is 20.3 Å². The molecule has 1 heterocycles. The molecule has 0 atom stereocenters. The molecule has 1 aliphatic rings. The summed E-state index contributed by atoms with van der Waals surface area (Å²) in [5, 5.41) is 4.04. The van der Waals surface area contributed by atoms with Gasteiger partial charge in [-0.05, 0) is 71.2 Å².